The number of aryl methyl sites for hydroxylation is 2. The number of hydrogen-bond donors (Lipinski definition) is 7. The summed E-state index contributed by atoms with van der Waals surface area (Å²) >= 11 is 2.31. The van der Waals surface area contributed by atoms with Crippen molar-refractivity contribution in [3.8, 4) is 20.9 Å². The number of hydrogen-bond acceptors (Lipinski definition) is 15. The van der Waals surface area contributed by atoms with Gasteiger partial charge in [-0.3, -0.25) is 19.2 Å². The van der Waals surface area contributed by atoms with Crippen molar-refractivity contribution in [2.45, 2.75) is 144 Å². The molecule has 0 radical (unpaired) electrons. The van der Waals surface area contributed by atoms with E-state index in [1.165, 1.54) is 11.3 Å². The number of carbonyl (C=O) groups is 4. The SMILES string of the molecule is Cc1cc(NC(C)(C)C)ncc1-c1sc(C(=O)NCC(C)(C)O)nc1C(=O)N1CCC[C@@H]1C.Cc1cc(NC(C)(C)C)ncc1-c1sc(C(=O)NC[C@H](O)CO)nc1C(=O)N1CCC[C@@H]1C. The molecule has 6 heterocycles. The molecule has 0 spiro atoms. The first-order valence-corrected chi connectivity index (χ1v) is 24.1. The van der Waals surface area contributed by atoms with Gasteiger partial charge in [-0.05, 0) is 132 Å². The third-order valence-corrected chi connectivity index (χ3v) is 13.0. The zero-order valence-corrected chi connectivity index (χ0v) is 42.0. The average molecular weight is 949 g/mol. The smallest absolute Gasteiger partial charge is 0.280 e. The molecule has 17 nitrogen and oxygen atoms in total. The number of likely N-dealkylation sites (tertiary alicyclic amines) is 2. The highest BCUT2D eigenvalue weighted by atomic mass is 32.1. The van der Waals surface area contributed by atoms with E-state index in [9.17, 15) is 29.4 Å². The first-order chi connectivity index (χ1) is 30.7. The van der Waals surface area contributed by atoms with Crippen LogP contribution < -0.4 is 21.3 Å². The Hall–Kier alpha value is -5.08. The molecule has 0 aromatic carbocycles. The van der Waals surface area contributed by atoms with E-state index in [2.05, 4.69) is 62.0 Å². The van der Waals surface area contributed by atoms with Crippen LogP contribution in [0.1, 0.15) is 147 Å². The summed E-state index contributed by atoms with van der Waals surface area (Å²) in [4.78, 5) is 75.1. The highest BCUT2D eigenvalue weighted by Gasteiger charge is 2.34. The second-order valence-electron chi connectivity index (χ2n) is 19.9. The van der Waals surface area contributed by atoms with E-state index in [0.717, 1.165) is 70.9 Å². The largest absolute Gasteiger partial charge is 0.394 e. The van der Waals surface area contributed by atoms with Crippen molar-refractivity contribution in [3.63, 3.8) is 0 Å². The highest BCUT2D eigenvalue weighted by molar-refractivity contribution is 7.17. The maximum atomic E-state index is 13.4. The molecule has 0 bridgehead atoms. The minimum absolute atomic E-state index is 0.0843. The van der Waals surface area contributed by atoms with Crippen LogP contribution in [0.5, 0.6) is 0 Å². The predicted molar refractivity (Wildman–Crippen MR) is 260 cm³/mol. The molecule has 7 N–H and O–H groups in total. The van der Waals surface area contributed by atoms with Crippen molar-refractivity contribution < 1.29 is 34.5 Å². The van der Waals surface area contributed by atoms with Gasteiger partial charge in [0.25, 0.3) is 23.6 Å². The molecule has 2 fully saturated rings. The van der Waals surface area contributed by atoms with Gasteiger partial charge in [0.15, 0.2) is 10.0 Å². The van der Waals surface area contributed by atoms with Crippen molar-refractivity contribution in [2.24, 2.45) is 0 Å². The van der Waals surface area contributed by atoms with Crippen molar-refractivity contribution in [1.29, 1.82) is 0 Å². The standard InChI is InChI=1S/C24H35N5O3S.C23H33N5O4S/c1-14-11-17(28-23(3,4)5)25-12-16(14)19-18(22(31)29-10-8-9-15(29)2)27-21(33-19)20(30)26-13-24(6,7)32;1-13-9-17(27-23(3,4)5)24-11-16(13)19-18(22(32)28-8-6-7-14(28)2)26-21(33-19)20(31)25-10-15(30)12-29/h11-12,15,32H,8-10,13H2,1-7H3,(H,25,28)(H,26,30);9,11,14-15,29-30H,6-8,10,12H2,1-5H3,(H,24,27)(H,25,31)/t15-;14-,15-/m00/s1. The molecule has 360 valence electrons. The Kier molecular flexibility index (Phi) is 16.7. The number of nitrogens with zero attached hydrogens (tertiary/aromatic N) is 6. The molecule has 2 aliphatic heterocycles. The lowest BCUT2D eigenvalue weighted by Gasteiger charge is -2.22. The van der Waals surface area contributed by atoms with Crippen LogP contribution in [0.25, 0.3) is 20.9 Å². The lowest BCUT2D eigenvalue weighted by atomic mass is 10.1. The fourth-order valence-corrected chi connectivity index (χ4v) is 9.54. The minimum Gasteiger partial charge on any atom is -0.394 e. The Morgan fingerprint density at radius 1 is 0.727 bits per heavy atom. The third-order valence-electron chi connectivity index (χ3n) is 10.8. The molecular formula is C47H68N10O7S2. The van der Waals surface area contributed by atoms with Crippen molar-refractivity contribution in [2.75, 3.05) is 43.4 Å². The number of thiazole rings is 2. The number of anilines is 2. The lowest BCUT2D eigenvalue weighted by molar-refractivity contribution is 0.0692. The number of aliphatic hydroxyl groups excluding tert-OH is 2. The number of nitrogens with one attached hydrogen (secondary N) is 4. The minimum atomic E-state index is -1.06. The Morgan fingerprint density at radius 3 is 1.47 bits per heavy atom. The molecule has 0 unspecified atom stereocenters. The van der Waals surface area contributed by atoms with Crippen LogP contribution in [-0.2, 0) is 0 Å². The summed E-state index contributed by atoms with van der Waals surface area (Å²) in [5, 5.41) is 40.7. The molecule has 2 aliphatic rings. The molecule has 4 amide bonds. The number of aromatic nitrogens is 4. The van der Waals surface area contributed by atoms with Crippen molar-refractivity contribution in [1.82, 2.24) is 40.4 Å². The third kappa shape index (κ3) is 13.7. The van der Waals surface area contributed by atoms with E-state index in [1.807, 2.05) is 65.5 Å². The quantitative estimate of drug-likeness (QED) is 0.0783. The van der Waals surface area contributed by atoms with Gasteiger partial charge in [0.1, 0.15) is 23.0 Å². The Morgan fingerprint density at radius 2 is 1.14 bits per heavy atom. The van der Waals surface area contributed by atoms with Gasteiger partial charge >= 0.3 is 0 Å². The molecule has 0 aliphatic carbocycles. The first-order valence-electron chi connectivity index (χ1n) is 22.5. The number of carbonyl (C=O) groups excluding carboxylic acids is 4. The maximum Gasteiger partial charge on any atom is 0.280 e. The van der Waals surface area contributed by atoms with Crippen molar-refractivity contribution >= 4 is 57.9 Å². The van der Waals surface area contributed by atoms with Crippen LogP contribution in [0, 0.1) is 13.8 Å². The molecule has 66 heavy (non-hydrogen) atoms. The molecule has 6 rings (SSSR count). The highest BCUT2D eigenvalue weighted by Crippen LogP contribution is 2.37. The summed E-state index contributed by atoms with van der Waals surface area (Å²) in [7, 11) is 0. The van der Waals surface area contributed by atoms with E-state index in [1.54, 1.807) is 31.1 Å². The Bertz CT molecular complexity index is 2380. The van der Waals surface area contributed by atoms with E-state index in [0.29, 0.717) is 22.8 Å². The van der Waals surface area contributed by atoms with E-state index >= 15 is 0 Å². The lowest BCUT2D eigenvalue weighted by Crippen LogP contribution is -2.38. The summed E-state index contributed by atoms with van der Waals surface area (Å²) in [6.07, 6.45) is 6.17. The van der Waals surface area contributed by atoms with E-state index in [-0.39, 0.29) is 69.5 Å². The molecule has 3 atom stereocenters. The van der Waals surface area contributed by atoms with Gasteiger partial charge in [0.05, 0.1) is 28.1 Å². The van der Waals surface area contributed by atoms with Gasteiger partial charge in [-0.15, -0.1) is 22.7 Å². The van der Waals surface area contributed by atoms with Gasteiger partial charge in [0.2, 0.25) is 0 Å². The zero-order valence-electron chi connectivity index (χ0n) is 40.4. The molecule has 2 saturated heterocycles. The first kappa shape index (κ1) is 51.9. The predicted octanol–water partition coefficient (Wildman–Crippen LogP) is 6.28. The second-order valence-corrected chi connectivity index (χ2v) is 21.9. The zero-order chi connectivity index (χ0) is 48.9. The molecule has 0 saturated carbocycles. The fourth-order valence-electron chi connectivity index (χ4n) is 7.45. The van der Waals surface area contributed by atoms with Crippen LogP contribution in [0.3, 0.4) is 0 Å². The summed E-state index contributed by atoms with van der Waals surface area (Å²) in [6.45, 7) is 24.4. The van der Waals surface area contributed by atoms with Gasteiger partial charge in [-0.25, -0.2) is 19.9 Å². The molecular weight excluding hydrogens is 881 g/mol. The van der Waals surface area contributed by atoms with Gasteiger partial charge < -0.3 is 46.4 Å². The molecule has 4 aromatic heterocycles. The monoisotopic (exact) mass is 948 g/mol. The van der Waals surface area contributed by atoms with Crippen LogP contribution in [0.4, 0.5) is 11.6 Å². The number of aliphatic hydroxyl groups is 3. The van der Waals surface area contributed by atoms with Gasteiger partial charge in [-0.1, -0.05) is 0 Å². The van der Waals surface area contributed by atoms with Crippen LogP contribution in [-0.4, -0.2) is 136 Å². The normalized spacial score (nSPS) is 17.0. The summed E-state index contributed by atoms with van der Waals surface area (Å²) in [5.74, 6) is 0.205. The van der Waals surface area contributed by atoms with E-state index < -0.39 is 30.1 Å². The topological polar surface area (TPSA) is 235 Å². The van der Waals surface area contributed by atoms with Gasteiger partial charge in [-0.2, -0.15) is 0 Å². The average Bonchev–Trinajstić information content (AvgIpc) is 4.04. The van der Waals surface area contributed by atoms with E-state index in [4.69, 9.17) is 5.11 Å². The van der Waals surface area contributed by atoms with Crippen LogP contribution in [0.15, 0.2) is 24.5 Å². The number of pyridine rings is 2. The van der Waals surface area contributed by atoms with Gasteiger partial charge in [0, 0.05) is 72.9 Å². The Labute approximate surface area is 396 Å². The fraction of sp³-hybridized carbons (Fsp3) is 0.574. The number of amides is 4. The summed E-state index contributed by atoms with van der Waals surface area (Å²) in [6, 6.07) is 4.12. The van der Waals surface area contributed by atoms with Crippen LogP contribution in [0.2, 0.25) is 0 Å². The second kappa shape index (κ2) is 21.3. The van der Waals surface area contributed by atoms with Crippen LogP contribution >= 0.6 is 22.7 Å². The van der Waals surface area contributed by atoms with Crippen molar-refractivity contribution in [3.05, 3.63) is 57.1 Å². The molecule has 4 aromatic rings. The summed E-state index contributed by atoms with van der Waals surface area (Å²) < 4.78 is 0. The molecule has 19 heteroatoms. The number of rotatable bonds is 13. The summed E-state index contributed by atoms with van der Waals surface area (Å²) in [5.41, 5.74) is 2.56. The maximum absolute atomic E-state index is 13.4. The Balaban J connectivity index is 0.000000247.